The van der Waals surface area contributed by atoms with E-state index in [1.807, 2.05) is 43.3 Å². The second kappa shape index (κ2) is 6.33. The van der Waals surface area contributed by atoms with Gasteiger partial charge >= 0.3 is 7.60 Å². The number of benzene rings is 2. The predicted molar refractivity (Wildman–Crippen MR) is 79.2 cm³/mol. The van der Waals surface area contributed by atoms with E-state index < -0.39 is 13.4 Å². The first-order chi connectivity index (χ1) is 9.48. The van der Waals surface area contributed by atoms with Crippen molar-refractivity contribution >= 4 is 7.60 Å². The minimum Gasteiger partial charge on any atom is -0.323 e. The van der Waals surface area contributed by atoms with Crippen molar-refractivity contribution in [1.29, 1.82) is 0 Å². The van der Waals surface area contributed by atoms with Gasteiger partial charge in [-0.15, -0.1) is 0 Å². The topological polar surface area (TPSA) is 69.6 Å². The van der Waals surface area contributed by atoms with Crippen LogP contribution in [0.4, 0.5) is 0 Å². The molecule has 0 radical (unpaired) electrons. The molecule has 0 amide bonds. The lowest BCUT2D eigenvalue weighted by molar-refractivity contribution is 0.341. The van der Waals surface area contributed by atoms with Gasteiger partial charge in [-0.2, -0.15) is 0 Å². The first-order valence-corrected chi connectivity index (χ1v) is 8.08. The highest BCUT2D eigenvalue weighted by atomic mass is 31.2. The maximum absolute atomic E-state index is 11.7. The van der Waals surface area contributed by atoms with Gasteiger partial charge < -0.3 is 9.79 Å². The molecule has 2 aromatic rings. The quantitative estimate of drug-likeness (QED) is 0.740. The van der Waals surface area contributed by atoms with E-state index in [1.54, 1.807) is 24.3 Å². The van der Waals surface area contributed by atoms with Crippen LogP contribution in [0.1, 0.15) is 29.9 Å². The fourth-order valence-electron chi connectivity index (χ4n) is 2.10. The summed E-state index contributed by atoms with van der Waals surface area (Å²) in [4.78, 5) is 19.2. The van der Waals surface area contributed by atoms with Crippen molar-refractivity contribution in [2.75, 3.05) is 0 Å². The molecule has 5 heteroatoms. The summed E-state index contributed by atoms with van der Waals surface area (Å²) < 4.78 is 11.7. The number of rotatable bonds is 5. The molecular formula is C15H18NO3P. The van der Waals surface area contributed by atoms with E-state index >= 15 is 0 Å². The van der Waals surface area contributed by atoms with Crippen LogP contribution < -0.4 is 5.32 Å². The zero-order valence-corrected chi connectivity index (χ0v) is 12.1. The third-order valence-corrected chi connectivity index (χ3v) is 4.28. The molecule has 0 saturated heterocycles. The number of hydrogen-bond acceptors (Lipinski definition) is 2. The first-order valence-electron chi connectivity index (χ1n) is 6.39. The maximum Gasteiger partial charge on any atom is 0.346 e. The zero-order chi connectivity index (χ0) is 14.6. The molecular weight excluding hydrogens is 273 g/mol. The summed E-state index contributed by atoms with van der Waals surface area (Å²) in [6, 6.07) is 18.2. The van der Waals surface area contributed by atoms with Gasteiger partial charge in [0, 0.05) is 6.04 Å². The molecule has 0 heterocycles. The summed E-state index contributed by atoms with van der Waals surface area (Å²) in [5.74, 6) is -1.00. The van der Waals surface area contributed by atoms with Crippen LogP contribution in [0.5, 0.6) is 0 Å². The summed E-state index contributed by atoms with van der Waals surface area (Å²) in [6.45, 7) is 1.89. The Morgan fingerprint density at radius 2 is 1.35 bits per heavy atom. The second-order valence-corrected chi connectivity index (χ2v) is 6.40. The molecule has 0 spiro atoms. The smallest absolute Gasteiger partial charge is 0.323 e. The summed E-state index contributed by atoms with van der Waals surface area (Å²) in [5, 5.41) is 3.03. The van der Waals surface area contributed by atoms with Gasteiger partial charge in [-0.05, 0) is 18.1 Å². The van der Waals surface area contributed by atoms with E-state index in [-0.39, 0.29) is 6.04 Å². The Hall–Kier alpha value is -1.45. The van der Waals surface area contributed by atoms with Gasteiger partial charge in [0.1, 0.15) is 5.78 Å². The number of nitrogens with one attached hydrogen (secondary N) is 1. The molecule has 0 fully saturated rings. The lowest BCUT2D eigenvalue weighted by Gasteiger charge is -2.24. The molecule has 20 heavy (non-hydrogen) atoms. The molecule has 4 nitrogen and oxygen atoms in total. The van der Waals surface area contributed by atoms with Gasteiger partial charge in [0.05, 0.1) is 0 Å². The highest BCUT2D eigenvalue weighted by Crippen LogP contribution is 2.50. The highest BCUT2D eigenvalue weighted by molar-refractivity contribution is 7.52. The largest absolute Gasteiger partial charge is 0.346 e. The molecule has 2 rings (SSSR count). The molecule has 0 aromatic heterocycles. The van der Waals surface area contributed by atoms with Gasteiger partial charge in [-0.25, -0.2) is 0 Å². The van der Waals surface area contributed by atoms with Crippen molar-refractivity contribution in [3.63, 3.8) is 0 Å². The second-order valence-electron chi connectivity index (χ2n) is 4.70. The van der Waals surface area contributed by atoms with Crippen molar-refractivity contribution in [3.05, 3.63) is 71.8 Å². The Morgan fingerprint density at radius 3 is 1.80 bits per heavy atom. The van der Waals surface area contributed by atoms with Gasteiger partial charge in [0.25, 0.3) is 0 Å². The summed E-state index contributed by atoms with van der Waals surface area (Å²) >= 11 is 0. The lowest BCUT2D eigenvalue weighted by atomic mass is 10.1. The maximum atomic E-state index is 11.7. The van der Waals surface area contributed by atoms with Crippen LogP contribution in [0, 0.1) is 0 Å². The third kappa shape index (κ3) is 3.78. The normalized spacial score (nSPS) is 14.8. The molecule has 2 aromatic carbocycles. The Morgan fingerprint density at radius 1 is 0.900 bits per heavy atom. The van der Waals surface area contributed by atoms with Crippen LogP contribution in [0.2, 0.25) is 0 Å². The van der Waals surface area contributed by atoms with E-state index in [0.717, 1.165) is 5.56 Å². The summed E-state index contributed by atoms with van der Waals surface area (Å²) in [5.41, 5.74) is 1.57. The fraction of sp³-hybridized carbons (Fsp3) is 0.200. The Labute approximate surface area is 118 Å². The molecule has 0 aliphatic carbocycles. The fourth-order valence-corrected chi connectivity index (χ4v) is 3.08. The van der Waals surface area contributed by atoms with Gasteiger partial charge in [0.15, 0.2) is 0 Å². The minimum atomic E-state index is -4.28. The molecule has 0 bridgehead atoms. The zero-order valence-electron chi connectivity index (χ0n) is 11.2. The lowest BCUT2D eigenvalue weighted by Crippen LogP contribution is -2.24. The van der Waals surface area contributed by atoms with Crippen LogP contribution in [0.3, 0.4) is 0 Å². The van der Waals surface area contributed by atoms with Crippen LogP contribution >= 0.6 is 7.60 Å². The monoisotopic (exact) mass is 291 g/mol. The van der Waals surface area contributed by atoms with Crippen molar-refractivity contribution in [3.8, 4) is 0 Å². The third-order valence-electron chi connectivity index (χ3n) is 3.16. The highest BCUT2D eigenvalue weighted by Gasteiger charge is 2.31. The van der Waals surface area contributed by atoms with Crippen LogP contribution in [-0.2, 0) is 4.57 Å². The average molecular weight is 291 g/mol. The Kier molecular flexibility index (Phi) is 4.73. The van der Waals surface area contributed by atoms with E-state index in [9.17, 15) is 14.4 Å². The molecule has 2 atom stereocenters. The number of hydrogen-bond donors (Lipinski definition) is 3. The molecule has 0 aliphatic rings. The van der Waals surface area contributed by atoms with Crippen molar-refractivity contribution in [2.24, 2.45) is 0 Å². The Bertz CT molecular complexity index is 583. The van der Waals surface area contributed by atoms with Crippen molar-refractivity contribution in [1.82, 2.24) is 5.32 Å². The van der Waals surface area contributed by atoms with Crippen molar-refractivity contribution in [2.45, 2.75) is 18.7 Å². The summed E-state index contributed by atoms with van der Waals surface area (Å²) in [6.07, 6.45) is 0. The minimum absolute atomic E-state index is 0.158. The van der Waals surface area contributed by atoms with Gasteiger partial charge in [-0.1, -0.05) is 60.7 Å². The van der Waals surface area contributed by atoms with Crippen molar-refractivity contribution < 1.29 is 14.4 Å². The van der Waals surface area contributed by atoms with Gasteiger partial charge in [0.2, 0.25) is 0 Å². The van der Waals surface area contributed by atoms with E-state index in [0.29, 0.717) is 5.56 Å². The molecule has 106 valence electrons. The van der Waals surface area contributed by atoms with Crippen LogP contribution in [0.15, 0.2) is 60.7 Å². The van der Waals surface area contributed by atoms with Crippen LogP contribution in [0.25, 0.3) is 0 Å². The predicted octanol–water partition coefficient (Wildman–Crippen LogP) is 3.21. The molecule has 0 aliphatic heterocycles. The molecule has 3 N–H and O–H groups in total. The van der Waals surface area contributed by atoms with E-state index in [1.165, 1.54) is 0 Å². The van der Waals surface area contributed by atoms with E-state index in [4.69, 9.17) is 0 Å². The van der Waals surface area contributed by atoms with E-state index in [2.05, 4.69) is 5.32 Å². The molecule has 0 saturated carbocycles. The first kappa shape index (κ1) is 14.9. The van der Waals surface area contributed by atoms with Gasteiger partial charge in [-0.3, -0.25) is 9.88 Å². The van der Waals surface area contributed by atoms with Crippen LogP contribution in [-0.4, -0.2) is 9.79 Å². The standard InChI is InChI=1S/C15H18NO3P/c1-12(13-8-4-2-5-9-13)16-15(20(17,18)19)14-10-6-3-7-11-14/h2-12,15-16H,1H3,(H2,17,18,19)/t12?,15-/m1/s1. The molecule has 1 unspecified atom stereocenters. The Balaban J connectivity index is 2.24. The SMILES string of the molecule is CC(N[C@@H](c1ccccc1)P(=O)(O)O)c1ccccc1. The summed E-state index contributed by atoms with van der Waals surface area (Å²) in [7, 11) is -4.28. The average Bonchev–Trinajstić information content (AvgIpc) is 2.45.